The van der Waals surface area contributed by atoms with Crippen LogP contribution < -0.4 is 10.6 Å². The Kier molecular flexibility index (Phi) is 5.84. The molecule has 0 aliphatic carbocycles. The summed E-state index contributed by atoms with van der Waals surface area (Å²) in [6.45, 7) is 0.972. The molecule has 0 radical (unpaired) electrons. The SMILES string of the molecule is O=C(NCCc1ccc(Cl)cc1Cl)NCc1ccncc1. The average molecular weight is 324 g/mol. The summed E-state index contributed by atoms with van der Waals surface area (Å²) in [5.41, 5.74) is 1.95. The van der Waals surface area contributed by atoms with Gasteiger partial charge in [-0.1, -0.05) is 29.3 Å². The van der Waals surface area contributed by atoms with Crippen molar-refractivity contribution in [2.45, 2.75) is 13.0 Å². The van der Waals surface area contributed by atoms with Crippen LogP contribution in [0.15, 0.2) is 42.7 Å². The molecule has 0 fully saturated rings. The fraction of sp³-hybridized carbons (Fsp3) is 0.200. The number of carbonyl (C=O) groups excluding carboxylic acids is 1. The van der Waals surface area contributed by atoms with Crippen LogP contribution in [0.4, 0.5) is 4.79 Å². The number of halogens is 2. The number of nitrogens with zero attached hydrogens (tertiary/aromatic N) is 1. The lowest BCUT2D eigenvalue weighted by Crippen LogP contribution is -2.36. The number of urea groups is 1. The molecular formula is C15H15Cl2N3O. The highest BCUT2D eigenvalue weighted by Crippen LogP contribution is 2.20. The van der Waals surface area contributed by atoms with Crippen LogP contribution in [0.25, 0.3) is 0 Å². The van der Waals surface area contributed by atoms with Crippen LogP contribution in [0, 0.1) is 0 Å². The second-order valence-electron chi connectivity index (χ2n) is 4.45. The molecule has 0 saturated heterocycles. The Hall–Kier alpha value is -1.78. The molecule has 2 N–H and O–H groups in total. The maximum Gasteiger partial charge on any atom is 0.315 e. The minimum absolute atomic E-state index is 0.211. The van der Waals surface area contributed by atoms with Gasteiger partial charge in [0.05, 0.1) is 0 Å². The summed E-state index contributed by atoms with van der Waals surface area (Å²) in [5, 5.41) is 6.78. The normalized spacial score (nSPS) is 10.2. The molecule has 0 aliphatic rings. The third kappa shape index (κ3) is 5.25. The molecule has 0 bridgehead atoms. The summed E-state index contributed by atoms with van der Waals surface area (Å²) in [6.07, 6.45) is 4.04. The number of aromatic nitrogens is 1. The van der Waals surface area contributed by atoms with Gasteiger partial charge < -0.3 is 10.6 Å². The number of benzene rings is 1. The van der Waals surface area contributed by atoms with Gasteiger partial charge in [0, 0.05) is 35.5 Å². The molecule has 1 heterocycles. The standard InChI is InChI=1S/C15H15Cl2N3O/c16-13-2-1-12(14(17)9-13)5-8-19-15(21)20-10-11-3-6-18-7-4-11/h1-4,6-7,9H,5,8,10H2,(H2,19,20,21). The lowest BCUT2D eigenvalue weighted by molar-refractivity contribution is 0.240. The maximum atomic E-state index is 11.7. The molecule has 21 heavy (non-hydrogen) atoms. The molecule has 0 saturated carbocycles. The van der Waals surface area contributed by atoms with Crippen LogP contribution in [-0.4, -0.2) is 17.6 Å². The van der Waals surface area contributed by atoms with Crippen molar-refractivity contribution in [2.75, 3.05) is 6.54 Å². The van der Waals surface area contributed by atoms with Gasteiger partial charge in [-0.15, -0.1) is 0 Å². The second-order valence-corrected chi connectivity index (χ2v) is 5.29. The summed E-state index contributed by atoms with van der Waals surface area (Å²) in [5.74, 6) is 0. The Morgan fingerprint density at radius 2 is 1.86 bits per heavy atom. The number of carbonyl (C=O) groups is 1. The Labute approximate surface area is 133 Å². The van der Waals surface area contributed by atoms with Gasteiger partial charge in [0.15, 0.2) is 0 Å². The largest absolute Gasteiger partial charge is 0.338 e. The zero-order valence-electron chi connectivity index (χ0n) is 11.3. The first-order chi connectivity index (χ1) is 10.1. The fourth-order valence-electron chi connectivity index (χ4n) is 1.78. The fourth-order valence-corrected chi connectivity index (χ4v) is 2.28. The van der Waals surface area contributed by atoms with Crippen LogP contribution in [-0.2, 0) is 13.0 Å². The quantitative estimate of drug-likeness (QED) is 0.885. The van der Waals surface area contributed by atoms with E-state index in [-0.39, 0.29) is 6.03 Å². The van der Waals surface area contributed by atoms with Crippen LogP contribution in [0.5, 0.6) is 0 Å². The molecule has 0 atom stereocenters. The first kappa shape index (κ1) is 15.6. The van der Waals surface area contributed by atoms with Crippen molar-refractivity contribution < 1.29 is 4.79 Å². The minimum Gasteiger partial charge on any atom is -0.338 e. The van der Waals surface area contributed by atoms with Gasteiger partial charge in [-0.25, -0.2) is 4.79 Å². The first-order valence-electron chi connectivity index (χ1n) is 6.49. The number of hydrogen-bond donors (Lipinski definition) is 2. The van der Waals surface area contributed by atoms with Crippen molar-refractivity contribution in [1.29, 1.82) is 0 Å². The smallest absolute Gasteiger partial charge is 0.315 e. The van der Waals surface area contributed by atoms with Gasteiger partial charge in [0.1, 0.15) is 0 Å². The van der Waals surface area contributed by atoms with Gasteiger partial charge >= 0.3 is 6.03 Å². The predicted octanol–water partition coefficient (Wildman–Crippen LogP) is 3.43. The lowest BCUT2D eigenvalue weighted by Gasteiger charge is -2.08. The number of rotatable bonds is 5. The molecule has 0 unspecified atom stereocenters. The Bertz CT molecular complexity index is 605. The molecular weight excluding hydrogens is 309 g/mol. The number of nitrogens with one attached hydrogen (secondary N) is 2. The van der Waals surface area contributed by atoms with Crippen molar-refractivity contribution in [3.63, 3.8) is 0 Å². The number of pyridine rings is 1. The molecule has 0 aliphatic heterocycles. The van der Waals surface area contributed by atoms with Gasteiger partial charge in [-0.3, -0.25) is 4.98 Å². The topological polar surface area (TPSA) is 54.0 Å². The summed E-state index contributed by atoms with van der Waals surface area (Å²) in [6, 6.07) is 8.84. The van der Waals surface area contributed by atoms with Crippen LogP contribution in [0.2, 0.25) is 10.0 Å². The zero-order chi connectivity index (χ0) is 15.1. The number of hydrogen-bond acceptors (Lipinski definition) is 2. The van der Waals surface area contributed by atoms with E-state index in [0.29, 0.717) is 29.6 Å². The molecule has 2 amide bonds. The van der Waals surface area contributed by atoms with Gasteiger partial charge in [-0.05, 0) is 41.8 Å². The van der Waals surface area contributed by atoms with E-state index in [0.717, 1.165) is 11.1 Å². The monoisotopic (exact) mass is 323 g/mol. The lowest BCUT2D eigenvalue weighted by atomic mass is 10.1. The Morgan fingerprint density at radius 1 is 1.10 bits per heavy atom. The number of amides is 2. The van der Waals surface area contributed by atoms with E-state index in [4.69, 9.17) is 23.2 Å². The Morgan fingerprint density at radius 3 is 2.57 bits per heavy atom. The van der Waals surface area contributed by atoms with E-state index in [1.165, 1.54) is 0 Å². The summed E-state index contributed by atoms with van der Waals surface area (Å²) < 4.78 is 0. The second kappa shape index (κ2) is 7.86. The molecule has 110 valence electrons. The highest BCUT2D eigenvalue weighted by molar-refractivity contribution is 6.35. The maximum absolute atomic E-state index is 11.7. The van der Waals surface area contributed by atoms with Gasteiger partial charge in [0.2, 0.25) is 0 Å². The third-order valence-corrected chi connectivity index (χ3v) is 3.48. The third-order valence-electron chi connectivity index (χ3n) is 2.90. The molecule has 1 aromatic heterocycles. The van der Waals surface area contributed by atoms with Gasteiger partial charge in [-0.2, -0.15) is 0 Å². The summed E-state index contributed by atoms with van der Waals surface area (Å²) in [7, 11) is 0. The summed E-state index contributed by atoms with van der Waals surface area (Å²) in [4.78, 5) is 15.6. The van der Waals surface area contributed by atoms with Crippen LogP contribution >= 0.6 is 23.2 Å². The minimum atomic E-state index is -0.211. The molecule has 0 spiro atoms. The zero-order valence-corrected chi connectivity index (χ0v) is 12.8. The van der Waals surface area contributed by atoms with E-state index in [2.05, 4.69) is 15.6 Å². The van der Waals surface area contributed by atoms with Gasteiger partial charge in [0.25, 0.3) is 0 Å². The first-order valence-corrected chi connectivity index (χ1v) is 7.25. The summed E-state index contributed by atoms with van der Waals surface area (Å²) >= 11 is 11.9. The van der Waals surface area contributed by atoms with Crippen molar-refractivity contribution >= 4 is 29.2 Å². The van der Waals surface area contributed by atoms with E-state index in [1.807, 2.05) is 18.2 Å². The van der Waals surface area contributed by atoms with E-state index >= 15 is 0 Å². The predicted molar refractivity (Wildman–Crippen MR) is 84.6 cm³/mol. The highest BCUT2D eigenvalue weighted by Gasteiger charge is 2.03. The van der Waals surface area contributed by atoms with Crippen molar-refractivity contribution in [2.24, 2.45) is 0 Å². The molecule has 4 nitrogen and oxygen atoms in total. The van der Waals surface area contributed by atoms with E-state index in [9.17, 15) is 4.79 Å². The Balaban J connectivity index is 1.72. The molecule has 1 aromatic carbocycles. The van der Waals surface area contributed by atoms with E-state index in [1.54, 1.807) is 24.5 Å². The molecule has 2 rings (SSSR count). The van der Waals surface area contributed by atoms with Crippen molar-refractivity contribution in [1.82, 2.24) is 15.6 Å². The average Bonchev–Trinajstić information content (AvgIpc) is 2.48. The van der Waals surface area contributed by atoms with Crippen molar-refractivity contribution in [3.8, 4) is 0 Å². The van der Waals surface area contributed by atoms with Crippen molar-refractivity contribution in [3.05, 3.63) is 63.9 Å². The van der Waals surface area contributed by atoms with Crippen LogP contribution in [0.3, 0.4) is 0 Å². The van der Waals surface area contributed by atoms with Crippen LogP contribution in [0.1, 0.15) is 11.1 Å². The molecule has 2 aromatic rings. The van der Waals surface area contributed by atoms with E-state index < -0.39 is 0 Å². The molecule has 6 heteroatoms. The highest BCUT2D eigenvalue weighted by atomic mass is 35.5.